The van der Waals surface area contributed by atoms with Gasteiger partial charge in [-0.3, -0.25) is 4.79 Å². The summed E-state index contributed by atoms with van der Waals surface area (Å²) in [6, 6.07) is 20.1. The van der Waals surface area contributed by atoms with Gasteiger partial charge in [0.2, 0.25) is 5.82 Å². The van der Waals surface area contributed by atoms with Crippen LogP contribution in [0.3, 0.4) is 0 Å². The van der Waals surface area contributed by atoms with E-state index in [0.717, 1.165) is 16.7 Å². The average molecular weight is 445 g/mol. The van der Waals surface area contributed by atoms with Crippen LogP contribution in [0.2, 0.25) is 0 Å². The molecule has 8 nitrogen and oxygen atoms in total. The molecule has 0 unspecified atom stereocenters. The second-order valence-corrected chi connectivity index (χ2v) is 7.22. The molecule has 3 aromatic carbocycles. The fraction of sp³-hybridized carbons (Fsp3) is 0.160. The highest BCUT2D eigenvalue weighted by atomic mass is 16.5. The maximum Gasteiger partial charge on any atom is 0.262 e. The number of hydrogen-bond donors (Lipinski definition) is 1. The van der Waals surface area contributed by atoms with Crippen LogP contribution in [0.5, 0.6) is 17.2 Å². The van der Waals surface area contributed by atoms with E-state index in [-0.39, 0.29) is 12.5 Å². The highest BCUT2D eigenvalue weighted by Gasteiger charge is 2.12. The zero-order chi connectivity index (χ0) is 23.2. The molecule has 0 spiro atoms. The van der Waals surface area contributed by atoms with Crippen LogP contribution < -0.4 is 19.5 Å². The van der Waals surface area contributed by atoms with Crippen LogP contribution in [-0.2, 0) is 4.79 Å². The molecule has 1 amide bonds. The molecule has 0 aliphatic rings. The fourth-order valence-corrected chi connectivity index (χ4v) is 3.10. The molecule has 33 heavy (non-hydrogen) atoms. The summed E-state index contributed by atoms with van der Waals surface area (Å²) in [6.07, 6.45) is 0. The van der Waals surface area contributed by atoms with Gasteiger partial charge < -0.3 is 24.1 Å². The number of ether oxygens (including phenoxy) is 3. The summed E-state index contributed by atoms with van der Waals surface area (Å²) >= 11 is 0. The van der Waals surface area contributed by atoms with Crippen molar-refractivity contribution in [3.05, 3.63) is 72.3 Å². The van der Waals surface area contributed by atoms with Gasteiger partial charge in [-0.2, -0.15) is 4.98 Å². The van der Waals surface area contributed by atoms with Crippen molar-refractivity contribution in [3.63, 3.8) is 0 Å². The number of rotatable bonds is 8. The van der Waals surface area contributed by atoms with Crippen LogP contribution in [-0.4, -0.2) is 36.9 Å². The largest absolute Gasteiger partial charge is 0.497 e. The van der Waals surface area contributed by atoms with Gasteiger partial charge in [0.1, 0.15) is 17.2 Å². The van der Waals surface area contributed by atoms with Gasteiger partial charge in [-0.25, -0.2) is 0 Å². The molecule has 0 bridgehead atoms. The number of hydrogen-bond acceptors (Lipinski definition) is 7. The minimum Gasteiger partial charge on any atom is -0.497 e. The second-order valence-electron chi connectivity index (χ2n) is 7.22. The molecule has 168 valence electrons. The van der Waals surface area contributed by atoms with E-state index in [1.54, 1.807) is 49.6 Å². The van der Waals surface area contributed by atoms with Gasteiger partial charge >= 0.3 is 0 Å². The van der Waals surface area contributed by atoms with E-state index in [1.807, 2.05) is 31.2 Å². The Kier molecular flexibility index (Phi) is 6.54. The maximum atomic E-state index is 12.3. The average Bonchev–Trinajstić information content (AvgIpc) is 3.34. The normalized spacial score (nSPS) is 10.5. The number of aromatic nitrogens is 2. The van der Waals surface area contributed by atoms with Gasteiger partial charge in [0.05, 0.1) is 19.9 Å². The highest BCUT2D eigenvalue weighted by Crippen LogP contribution is 2.29. The van der Waals surface area contributed by atoms with Crippen molar-refractivity contribution in [1.29, 1.82) is 0 Å². The van der Waals surface area contributed by atoms with Crippen LogP contribution in [0.1, 0.15) is 5.56 Å². The number of carbonyl (C=O) groups is 1. The lowest BCUT2D eigenvalue weighted by Gasteiger charge is -2.12. The number of methoxy groups -OCH3 is 2. The maximum absolute atomic E-state index is 12.3. The van der Waals surface area contributed by atoms with Crippen LogP contribution in [0.25, 0.3) is 22.8 Å². The van der Waals surface area contributed by atoms with Crippen LogP contribution >= 0.6 is 0 Å². The molecule has 0 saturated heterocycles. The van der Waals surface area contributed by atoms with Crippen molar-refractivity contribution in [2.24, 2.45) is 0 Å². The lowest BCUT2D eigenvalue weighted by atomic mass is 10.1. The SMILES string of the molecule is COc1ccc(OC)c(NC(=O)COc2ccc(-c3nc(-c4ccc(C)cc4)no3)cc2)c1. The molecule has 0 saturated carbocycles. The third kappa shape index (κ3) is 5.30. The minimum absolute atomic E-state index is 0.169. The first-order chi connectivity index (χ1) is 16.1. The number of anilines is 1. The van der Waals surface area contributed by atoms with Crippen molar-refractivity contribution in [1.82, 2.24) is 10.1 Å². The van der Waals surface area contributed by atoms with Crippen LogP contribution in [0, 0.1) is 6.92 Å². The second kappa shape index (κ2) is 9.86. The van der Waals surface area contributed by atoms with Gasteiger partial charge in [0, 0.05) is 17.2 Å². The van der Waals surface area contributed by atoms with Crippen molar-refractivity contribution in [2.75, 3.05) is 26.1 Å². The van der Waals surface area contributed by atoms with Crippen LogP contribution in [0.15, 0.2) is 71.3 Å². The summed E-state index contributed by atoms with van der Waals surface area (Å²) in [6.45, 7) is 1.85. The number of nitrogens with one attached hydrogen (secondary N) is 1. The molecule has 0 fully saturated rings. The van der Waals surface area contributed by atoms with Gasteiger partial charge in [-0.05, 0) is 43.3 Å². The monoisotopic (exact) mass is 445 g/mol. The van der Waals surface area contributed by atoms with E-state index in [2.05, 4.69) is 15.5 Å². The zero-order valence-electron chi connectivity index (χ0n) is 18.5. The quantitative estimate of drug-likeness (QED) is 0.418. The van der Waals surface area contributed by atoms with E-state index < -0.39 is 0 Å². The summed E-state index contributed by atoms with van der Waals surface area (Å²) in [5.41, 5.74) is 3.30. The first kappa shape index (κ1) is 21.9. The highest BCUT2D eigenvalue weighted by molar-refractivity contribution is 5.93. The summed E-state index contributed by atoms with van der Waals surface area (Å²) in [4.78, 5) is 16.8. The summed E-state index contributed by atoms with van der Waals surface area (Å²) in [5, 5.41) is 6.81. The van der Waals surface area contributed by atoms with Gasteiger partial charge in [-0.1, -0.05) is 35.0 Å². The molecule has 8 heteroatoms. The summed E-state index contributed by atoms with van der Waals surface area (Å²) in [7, 11) is 3.08. The third-order valence-corrected chi connectivity index (χ3v) is 4.89. The molecule has 0 aliphatic carbocycles. The number of benzene rings is 3. The summed E-state index contributed by atoms with van der Waals surface area (Å²) < 4.78 is 21.4. The molecule has 0 atom stereocenters. The number of amides is 1. The number of nitrogens with zero attached hydrogens (tertiary/aromatic N) is 2. The predicted octanol–water partition coefficient (Wildman–Crippen LogP) is 4.75. The Labute approximate surface area is 191 Å². The van der Waals surface area contributed by atoms with Crippen molar-refractivity contribution in [2.45, 2.75) is 6.92 Å². The summed E-state index contributed by atoms with van der Waals surface area (Å²) in [5.74, 6) is 2.26. The Balaban J connectivity index is 1.36. The van der Waals surface area contributed by atoms with Crippen LogP contribution in [0.4, 0.5) is 5.69 Å². The van der Waals surface area contributed by atoms with E-state index in [4.69, 9.17) is 18.7 Å². The van der Waals surface area contributed by atoms with Crippen molar-refractivity contribution >= 4 is 11.6 Å². The lowest BCUT2D eigenvalue weighted by Crippen LogP contribution is -2.20. The van der Waals surface area contributed by atoms with Crippen molar-refractivity contribution < 1.29 is 23.5 Å². The Morgan fingerprint density at radius 3 is 2.30 bits per heavy atom. The predicted molar refractivity (Wildman–Crippen MR) is 124 cm³/mol. The Morgan fingerprint density at radius 2 is 1.61 bits per heavy atom. The molecule has 1 aromatic heterocycles. The Hall–Kier alpha value is -4.33. The van der Waals surface area contributed by atoms with E-state index >= 15 is 0 Å². The topological polar surface area (TPSA) is 95.7 Å². The number of carbonyl (C=O) groups excluding carboxylic acids is 1. The zero-order valence-corrected chi connectivity index (χ0v) is 18.5. The van der Waals surface area contributed by atoms with Gasteiger partial charge in [0.15, 0.2) is 6.61 Å². The first-order valence-electron chi connectivity index (χ1n) is 10.2. The molecular weight excluding hydrogens is 422 g/mol. The van der Waals surface area contributed by atoms with E-state index in [0.29, 0.717) is 34.7 Å². The minimum atomic E-state index is -0.328. The van der Waals surface area contributed by atoms with E-state index in [1.165, 1.54) is 7.11 Å². The third-order valence-electron chi connectivity index (χ3n) is 4.89. The number of aryl methyl sites for hydroxylation is 1. The Morgan fingerprint density at radius 1 is 0.909 bits per heavy atom. The Bertz CT molecular complexity index is 1230. The van der Waals surface area contributed by atoms with Gasteiger partial charge in [0.25, 0.3) is 11.8 Å². The molecule has 1 N–H and O–H groups in total. The lowest BCUT2D eigenvalue weighted by molar-refractivity contribution is -0.118. The first-order valence-corrected chi connectivity index (χ1v) is 10.2. The fourth-order valence-electron chi connectivity index (χ4n) is 3.10. The van der Waals surface area contributed by atoms with Crippen molar-refractivity contribution in [3.8, 4) is 40.1 Å². The molecule has 1 heterocycles. The molecule has 4 aromatic rings. The molecule has 4 rings (SSSR count). The smallest absolute Gasteiger partial charge is 0.262 e. The molecular formula is C25H23N3O5. The standard InChI is InChI=1S/C25H23N3O5/c1-16-4-6-17(7-5-16)24-27-25(33-28-24)18-8-10-19(11-9-18)32-15-23(29)26-21-14-20(30-2)12-13-22(21)31-3/h4-14H,15H2,1-3H3,(H,26,29). The van der Waals surface area contributed by atoms with Gasteiger partial charge in [-0.15, -0.1) is 0 Å². The molecule has 0 radical (unpaired) electrons. The molecule has 0 aliphatic heterocycles. The van der Waals surface area contributed by atoms with E-state index in [9.17, 15) is 4.79 Å².